The number of aromatic carboxylic acids is 1. The first kappa shape index (κ1) is 23.7. The minimum absolute atomic E-state index is 0.108. The van der Waals surface area contributed by atoms with E-state index in [2.05, 4.69) is 33.1 Å². The van der Waals surface area contributed by atoms with Gasteiger partial charge in [0.1, 0.15) is 10.6 Å². The van der Waals surface area contributed by atoms with E-state index in [1.54, 1.807) is 56.4 Å². The highest BCUT2D eigenvalue weighted by molar-refractivity contribution is 7.93. The largest absolute Gasteiger partial charge is 0.477 e. The van der Waals surface area contributed by atoms with Crippen LogP contribution in [-0.4, -0.2) is 29.5 Å². The van der Waals surface area contributed by atoms with Crippen LogP contribution in [0.15, 0.2) is 78.5 Å². The molecule has 35 heavy (non-hydrogen) atoms. The smallest absolute Gasteiger partial charge is 0.354 e. The Labute approximate surface area is 203 Å². The van der Waals surface area contributed by atoms with Gasteiger partial charge in [-0.15, -0.1) is 0 Å². The van der Waals surface area contributed by atoms with E-state index in [0.29, 0.717) is 39.0 Å². The van der Waals surface area contributed by atoms with Gasteiger partial charge in [0.15, 0.2) is 0 Å². The SMILES string of the molecule is C=C(C)c1cc(C(=O)O)ncc1C#Cc1ccccc1NS(=O)(=O)c1c(C)ccc2cccnc12. The highest BCUT2D eigenvalue weighted by Crippen LogP contribution is 2.28. The minimum atomic E-state index is -3.98. The molecule has 0 spiro atoms. The number of para-hydroxylation sites is 1. The molecule has 0 saturated carbocycles. The number of benzene rings is 2. The third-order valence-electron chi connectivity index (χ3n) is 5.28. The third kappa shape index (κ3) is 4.90. The van der Waals surface area contributed by atoms with Crippen molar-refractivity contribution >= 4 is 38.2 Å². The fourth-order valence-corrected chi connectivity index (χ4v) is 5.08. The topological polar surface area (TPSA) is 109 Å². The first-order valence-electron chi connectivity index (χ1n) is 10.5. The summed E-state index contributed by atoms with van der Waals surface area (Å²) in [4.78, 5) is 19.6. The number of fused-ring (bicyclic) bond motifs is 1. The van der Waals surface area contributed by atoms with Gasteiger partial charge in [-0.3, -0.25) is 9.71 Å². The summed E-state index contributed by atoms with van der Waals surface area (Å²) in [5.41, 5.74) is 3.26. The van der Waals surface area contributed by atoms with Crippen LogP contribution in [0.2, 0.25) is 0 Å². The summed E-state index contributed by atoms with van der Waals surface area (Å²) in [7, 11) is -3.98. The molecule has 4 rings (SSSR count). The minimum Gasteiger partial charge on any atom is -0.477 e. The van der Waals surface area contributed by atoms with Crippen LogP contribution in [0.5, 0.6) is 0 Å². The number of hydrogen-bond acceptors (Lipinski definition) is 5. The molecule has 174 valence electrons. The van der Waals surface area contributed by atoms with Crippen LogP contribution in [0.3, 0.4) is 0 Å². The maximum Gasteiger partial charge on any atom is 0.354 e. The van der Waals surface area contributed by atoms with Gasteiger partial charge in [0.05, 0.1) is 16.8 Å². The highest BCUT2D eigenvalue weighted by Gasteiger charge is 2.22. The average Bonchev–Trinajstić information content (AvgIpc) is 2.82. The number of anilines is 1. The first-order chi connectivity index (χ1) is 16.7. The summed E-state index contributed by atoms with van der Waals surface area (Å²) in [5.74, 6) is 4.80. The van der Waals surface area contributed by atoms with Crippen LogP contribution in [0.4, 0.5) is 5.69 Å². The standard InChI is InChI=1S/C27H21N3O4S/c1-17(2)22-15-24(27(31)32)29-16-21(22)13-12-19-7-4-5-9-23(19)30-35(33,34)26-18(3)10-11-20-8-6-14-28-25(20)26/h4-11,14-16,30H,1H2,2-3H3,(H,31,32). The zero-order valence-electron chi connectivity index (χ0n) is 19.0. The van der Waals surface area contributed by atoms with Gasteiger partial charge in [-0.2, -0.15) is 0 Å². The molecule has 0 bridgehead atoms. The van der Waals surface area contributed by atoms with Crippen molar-refractivity contribution in [2.24, 2.45) is 0 Å². The molecule has 0 amide bonds. The Morgan fingerprint density at radius 1 is 1.03 bits per heavy atom. The Hall–Kier alpha value is -4.48. The highest BCUT2D eigenvalue weighted by atomic mass is 32.2. The number of hydrogen-bond donors (Lipinski definition) is 2. The molecule has 2 aromatic carbocycles. The molecule has 0 fully saturated rings. The summed E-state index contributed by atoms with van der Waals surface area (Å²) in [6, 6.07) is 15.3. The van der Waals surface area contributed by atoms with E-state index in [-0.39, 0.29) is 10.6 Å². The zero-order chi connectivity index (χ0) is 25.2. The number of carbonyl (C=O) groups is 1. The van der Waals surface area contributed by atoms with Crippen molar-refractivity contribution < 1.29 is 18.3 Å². The maximum atomic E-state index is 13.4. The van der Waals surface area contributed by atoms with Crippen molar-refractivity contribution in [2.45, 2.75) is 18.7 Å². The van der Waals surface area contributed by atoms with Crippen LogP contribution in [0.1, 0.15) is 39.7 Å². The zero-order valence-corrected chi connectivity index (χ0v) is 19.8. The first-order valence-corrected chi connectivity index (χ1v) is 12.0. The molecular weight excluding hydrogens is 462 g/mol. The van der Waals surface area contributed by atoms with E-state index in [0.717, 1.165) is 5.39 Å². The summed E-state index contributed by atoms with van der Waals surface area (Å²) in [6.07, 6.45) is 2.93. The second-order valence-electron chi connectivity index (χ2n) is 7.89. The number of sulfonamides is 1. The van der Waals surface area contributed by atoms with E-state index < -0.39 is 16.0 Å². The molecule has 0 aliphatic carbocycles. The molecule has 0 aliphatic heterocycles. The van der Waals surface area contributed by atoms with E-state index in [1.165, 1.54) is 12.3 Å². The predicted octanol–water partition coefficient (Wildman–Crippen LogP) is 4.87. The number of pyridine rings is 2. The average molecular weight is 484 g/mol. The second kappa shape index (κ2) is 9.41. The summed E-state index contributed by atoms with van der Waals surface area (Å²) in [6.45, 7) is 7.36. The quantitative estimate of drug-likeness (QED) is 0.392. The molecule has 8 heteroatoms. The lowest BCUT2D eigenvalue weighted by Gasteiger charge is -2.13. The lowest BCUT2D eigenvalue weighted by molar-refractivity contribution is 0.0690. The molecule has 4 aromatic rings. The molecule has 2 heterocycles. The van der Waals surface area contributed by atoms with Crippen molar-refractivity contribution in [1.82, 2.24) is 9.97 Å². The lowest BCUT2D eigenvalue weighted by Crippen LogP contribution is -2.16. The van der Waals surface area contributed by atoms with Crippen LogP contribution in [-0.2, 0) is 10.0 Å². The Kier molecular flexibility index (Phi) is 6.36. The fraction of sp³-hybridized carbons (Fsp3) is 0.0741. The van der Waals surface area contributed by atoms with Gasteiger partial charge in [0.25, 0.3) is 10.0 Å². The van der Waals surface area contributed by atoms with E-state index >= 15 is 0 Å². The van der Waals surface area contributed by atoms with Crippen LogP contribution >= 0.6 is 0 Å². The van der Waals surface area contributed by atoms with E-state index in [4.69, 9.17) is 0 Å². The molecule has 7 nitrogen and oxygen atoms in total. The van der Waals surface area contributed by atoms with Crippen molar-refractivity contribution in [1.29, 1.82) is 0 Å². The van der Waals surface area contributed by atoms with Gasteiger partial charge in [0.2, 0.25) is 0 Å². The number of nitrogens with zero attached hydrogens (tertiary/aromatic N) is 2. The molecule has 0 aliphatic rings. The van der Waals surface area contributed by atoms with Gasteiger partial charge in [0, 0.05) is 23.3 Å². The van der Waals surface area contributed by atoms with Gasteiger partial charge < -0.3 is 5.11 Å². The van der Waals surface area contributed by atoms with Crippen molar-refractivity contribution in [3.05, 3.63) is 102 Å². The number of aromatic nitrogens is 2. The van der Waals surface area contributed by atoms with Gasteiger partial charge in [-0.05, 0) is 54.8 Å². The number of carboxylic acids is 1. The van der Waals surface area contributed by atoms with Gasteiger partial charge >= 0.3 is 5.97 Å². The molecule has 2 aromatic heterocycles. The summed E-state index contributed by atoms with van der Waals surface area (Å²) in [5, 5.41) is 9.93. The van der Waals surface area contributed by atoms with Gasteiger partial charge in [-0.25, -0.2) is 18.2 Å². The normalized spacial score (nSPS) is 10.9. The van der Waals surface area contributed by atoms with Crippen molar-refractivity contribution in [3.63, 3.8) is 0 Å². The van der Waals surface area contributed by atoms with Gasteiger partial charge in [-0.1, -0.05) is 48.8 Å². The Bertz CT molecular complexity index is 1670. The number of rotatable bonds is 5. The van der Waals surface area contributed by atoms with Crippen LogP contribution in [0.25, 0.3) is 16.5 Å². The van der Waals surface area contributed by atoms with E-state index in [1.807, 2.05) is 12.1 Å². The lowest BCUT2D eigenvalue weighted by atomic mass is 10.0. The second-order valence-corrected chi connectivity index (χ2v) is 9.51. The molecule has 0 radical (unpaired) electrons. The summed E-state index contributed by atoms with van der Waals surface area (Å²) < 4.78 is 29.5. The van der Waals surface area contributed by atoms with E-state index in [9.17, 15) is 18.3 Å². The molecular formula is C27H21N3O4S. The number of aryl methyl sites for hydroxylation is 1. The number of nitrogens with one attached hydrogen (secondary N) is 1. The van der Waals surface area contributed by atoms with Crippen molar-refractivity contribution in [2.75, 3.05) is 4.72 Å². The Balaban J connectivity index is 1.76. The molecule has 0 saturated heterocycles. The molecule has 0 atom stereocenters. The van der Waals surface area contributed by atoms with Crippen LogP contribution < -0.4 is 4.72 Å². The third-order valence-corrected chi connectivity index (χ3v) is 6.82. The number of allylic oxidation sites excluding steroid dienone is 1. The molecule has 0 unspecified atom stereocenters. The Morgan fingerprint density at radius 3 is 2.51 bits per heavy atom. The van der Waals surface area contributed by atoms with Crippen LogP contribution in [0, 0.1) is 18.8 Å². The Morgan fingerprint density at radius 2 is 1.77 bits per heavy atom. The predicted molar refractivity (Wildman–Crippen MR) is 136 cm³/mol. The fourth-order valence-electron chi connectivity index (χ4n) is 3.60. The summed E-state index contributed by atoms with van der Waals surface area (Å²) >= 11 is 0. The molecule has 2 N–H and O–H groups in total. The maximum absolute atomic E-state index is 13.4. The van der Waals surface area contributed by atoms with Crippen molar-refractivity contribution in [3.8, 4) is 11.8 Å². The number of carboxylic acid groups (broad SMARTS) is 1. The monoisotopic (exact) mass is 483 g/mol.